The molecule has 0 saturated carbocycles. The molecule has 0 heterocycles. The first kappa shape index (κ1) is 12.2. The van der Waals surface area contributed by atoms with Gasteiger partial charge in [0, 0.05) is 0 Å². The van der Waals surface area contributed by atoms with Crippen molar-refractivity contribution in [2.24, 2.45) is 5.92 Å². The molecule has 1 N–H and O–H groups in total. The van der Waals surface area contributed by atoms with E-state index in [1.165, 1.54) is 7.11 Å². The largest absolute Gasteiger partial charge is 0.467 e. The number of rotatable bonds is 3. The van der Waals surface area contributed by atoms with E-state index in [1.54, 1.807) is 0 Å². The fourth-order valence-corrected chi connectivity index (χ4v) is 1.41. The number of methoxy groups -OCH3 is 1. The second kappa shape index (κ2) is 5.02. The fraction of sp³-hybridized carbons (Fsp3) is 0.700. The molecule has 0 saturated heterocycles. The molecular formula is C10H18O3. The Morgan fingerprint density at radius 3 is 2.00 bits per heavy atom. The van der Waals surface area contributed by atoms with Crippen molar-refractivity contribution in [3.05, 3.63) is 11.1 Å². The number of aliphatic hydroxyl groups is 1. The number of hydrogen-bond acceptors (Lipinski definition) is 3. The quantitative estimate of drug-likeness (QED) is 0.537. The zero-order valence-corrected chi connectivity index (χ0v) is 8.92. The van der Waals surface area contributed by atoms with Crippen molar-refractivity contribution in [2.75, 3.05) is 7.11 Å². The monoisotopic (exact) mass is 186 g/mol. The van der Waals surface area contributed by atoms with E-state index < -0.39 is 12.1 Å². The maximum atomic E-state index is 11.1. The maximum absolute atomic E-state index is 11.1. The van der Waals surface area contributed by atoms with Crippen molar-refractivity contribution in [3.8, 4) is 0 Å². The number of allylic oxidation sites excluding steroid dienone is 1. The van der Waals surface area contributed by atoms with E-state index in [4.69, 9.17) is 0 Å². The van der Waals surface area contributed by atoms with Gasteiger partial charge < -0.3 is 9.84 Å². The molecule has 0 bridgehead atoms. The van der Waals surface area contributed by atoms with Crippen molar-refractivity contribution in [3.63, 3.8) is 0 Å². The minimum absolute atomic E-state index is 0.152. The van der Waals surface area contributed by atoms with Crippen LogP contribution in [0.5, 0.6) is 0 Å². The second-order valence-corrected chi connectivity index (χ2v) is 3.54. The molecule has 1 atom stereocenters. The Morgan fingerprint density at radius 2 is 1.77 bits per heavy atom. The molecule has 0 aromatic heterocycles. The average molecular weight is 186 g/mol. The minimum Gasteiger partial charge on any atom is -0.467 e. The predicted molar refractivity (Wildman–Crippen MR) is 51.2 cm³/mol. The molecule has 3 nitrogen and oxygen atoms in total. The number of ether oxygens (including phenoxy) is 1. The van der Waals surface area contributed by atoms with Crippen LogP contribution in [0.1, 0.15) is 27.7 Å². The molecule has 0 amide bonds. The third kappa shape index (κ3) is 3.19. The van der Waals surface area contributed by atoms with Gasteiger partial charge in [0.1, 0.15) is 0 Å². The Balaban J connectivity index is 4.79. The molecule has 0 aromatic carbocycles. The Bertz CT molecular complexity index is 212. The molecule has 3 heteroatoms. The van der Waals surface area contributed by atoms with Gasteiger partial charge in [-0.05, 0) is 25.3 Å². The third-order valence-corrected chi connectivity index (χ3v) is 1.92. The molecule has 0 radical (unpaired) electrons. The SMILES string of the molecule is COC(=O)C(O)C(=C(C)C)C(C)C. The van der Waals surface area contributed by atoms with E-state index in [-0.39, 0.29) is 5.92 Å². The third-order valence-electron chi connectivity index (χ3n) is 1.92. The van der Waals surface area contributed by atoms with Gasteiger partial charge in [-0.1, -0.05) is 19.4 Å². The summed E-state index contributed by atoms with van der Waals surface area (Å²) in [4.78, 5) is 11.1. The van der Waals surface area contributed by atoms with Crippen LogP contribution in [0, 0.1) is 5.92 Å². The van der Waals surface area contributed by atoms with Gasteiger partial charge in [-0.15, -0.1) is 0 Å². The minimum atomic E-state index is -1.12. The van der Waals surface area contributed by atoms with Crippen molar-refractivity contribution in [2.45, 2.75) is 33.8 Å². The smallest absolute Gasteiger partial charge is 0.339 e. The van der Waals surface area contributed by atoms with Gasteiger partial charge >= 0.3 is 5.97 Å². The van der Waals surface area contributed by atoms with Crippen LogP contribution in [-0.2, 0) is 9.53 Å². The molecule has 1 unspecified atom stereocenters. The molecule has 0 aliphatic carbocycles. The predicted octanol–water partition coefficient (Wildman–Crippen LogP) is 1.51. The zero-order chi connectivity index (χ0) is 10.6. The molecular weight excluding hydrogens is 168 g/mol. The van der Waals surface area contributed by atoms with Crippen LogP contribution < -0.4 is 0 Å². The standard InChI is InChI=1S/C10H18O3/c1-6(2)8(7(3)4)9(11)10(12)13-5/h6,9,11H,1-5H3. The van der Waals surface area contributed by atoms with Gasteiger partial charge in [0.15, 0.2) is 6.10 Å². The second-order valence-electron chi connectivity index (χ2n) is 3.54. The topological polar surface area (TPSA) is 46.5 Å². The summed E-state index contributed by atoms with van der Waals surface area (Å²) in [6.45, 7) is 7.63. The molecule has 0 aliphatic rings. The van der Waals surface area contributed by atoms with Crippen LogP contribution in [0.15, 0.2) is 11.1 Å². The summed E-state index contributed by atoms with van der Waals surface area (Å²) < 4.78 is 4.47. The number of carbonyl (C=O) groups is 1. The lowest BCUT2D eigenvalue weighted by molar-refractivity contribution is -0.148. The maximum Gasteiger partial charge on any atom is 0.339 e. The lowest BCUT2D eigenvalue weighted by Crippen LogP contribution is -2.27. The highest BCUT2D eigenvalue weighted by Crippen LogP contribution is 2.19. The van der Waals surface area contributed by atoms with E-state index in [2.05, 4.69) is 4.74 Å². The molecule has 0 spiro atoms. The lowest BCUT2D eigenvalue weighted by Gasteiger charge is -2.18. The van der Waals surface area contributed by atoms with Gasteiger partial charge in [-0.2, -0.15) is 0 Å². The summed E-state index contributed by atoms with van der Waals surface area (Å²) in [5.74, 6) is -0.441. The van der Waals surface area contributed by atoms with Crippen LogP contribution in [0.25, 0.3) is 0 Å². The van der Waals surface area contributed by atoms with Crippen LogP contribution >= 0.6 is 0 Å². The molecule has 0 rings (SSSR count). The number of aliphatic hydroxyl groups excluding tert-OH is 1. The highest BCUT2D eigenvalue weighted by molar-refractivity contribution is 5.78. The fourth-order valence-electron chi connectivity index (χ4n) is 1.41. The Morgan fingerprint density at radius 1 is 1.31 bits per heavy atom. The Kier molecular flexibility index (Phi) is 4.70. The van der Waals surface area contributed by atoms with Crippen LogP contribution in [0.3, 0.4) is 0 Å². The van der Waals surface area contributed by atoms with Gasteiger partial charge in [0.25, 0.3) is 0 Å². The van der Waals surface area contributed by atoms with E-state index in [1.807, 2.05) is 27.7 Å². The normalized spacial score (nSPS) is 12.5. The zero-order valence-electron chi connectivity index (χ0n) is 8.92. The van der Waals surface area contributed by atoms with Crippen LogP contribution in [0.4, 0.5) is 0 Å². The van der Waals surface area contributed by atoms with Crippen molar-refractivity contribution < 1.29 is 14.6 Å². The van der Waals surface area contributed by atoms with Crippen LogP contribution in [0.2, 0.25) is 0 Å². The van der Waals surface area contributed by atoms with Crippen molar-refractivity contribution in [1.82, 2.24) is 0 Å². The highest BCUT2D eigenvalue weighted by atomic mass is 16.5. The van der Waals surface area contributed by atoms with Gasteiger partial charge in [-0.3, -0.25) is 0 Å². The first-order chi connectivity index (χ1) is 5.91. The van der Waals surface area contributed by atoms with Gasteiger partial charge in [-0.25, -0.2) is 4.79 Å². The highest BCUT2D eigenvalue weighted by Gasteiger charge is 2.23. The van der Waals surface area contributed by atoms with Crippen molar-refractivity contribution >= 4 is 5.97 Å². The van der Waals surface area contributed by atoms with E-state index >= 15 is 0 Å². The van der Waals surface area contributed by atoms with Crippen molar-refractivity contribution in [1.29, 1.82) is 0 Å². The number of carbonyl (C=O) groups excluding carboxylic acids is 1. The lowest BCUT2D eigenvalue weighted by atomic mass is 9.93. The average Bonchev–Trinajstić information content (AvgIpc) is 2.01. The van der Waals surface area contributed by atoms with E-state index in [0.717, 1.165) is 11.1 Å². The summed E-state index contributed by atoms with van der Waals surface area (Å²) in [6.07, 6.45) is -1.12. The van der Waals surface area contributed by atoms with E-state index in [0.29, 0.717) is 0 Å². The summed E-state index contributed by atoms with van der Waals surface area (Å²) >= 11 is 0. The number of esters is 1. The molecule has 76 valence electrons. The summed E-state index contributed by atoms with van der Waals surface area (Å²) in [6, 6.07) is 0. The molecule has 0 fully saturated rings. The Labute approximate surface area is 79.4 Å². The first-order valence-electron chi connectivity index (χ1n) is 4.35. The summed E-state index contributed by atoms with van der Waals surface area (Å²) in [7, 11) is 1.27. The summed E-state index contributed by atoms with van der Waals surface area (Å²) in [5.41, 5.74) is 1.71. The molecule has 0 aliphatic heterocycles. The van der Waals surface area contributed by atoms with Gasteiger partial charge in [0.2, 0.25) is 0 Å². The van der Waals surface area contributed by atoms with Gasteiger partial charge in [0.05, 0.1) is 7.11 Å². The van der Waals surface area contributed by atoms with E-state index in [9.17, 15) is 9.90 Å². The Hall–Kier alpha value is -0.830. The number of hydrogen-bond donors (Lipinski definition) is 1. The molecule has 0 aromatic rings. The summed E-state index contributed by atoms with van der Waals surface area (Å²) in [5, 5.41) is 9.59. The first-order valence-corrected chi connectivity index (χ1v) is 4.35. The van der Waals surface area contributed by atoms with Crippen LogP contribution in [-0.4, -0.2) is 24.3 Å². The molecule has 13 heavy (non-hydrogen) atoms.